The van der Waals surface area contributed by atoms with E-state index in [9.17, 15) is 9.59 Å². The van der Waals surface area contributed by atoms with E-state index >= 15 is 0 Å². The van der Waals surface area contributed by atoms with E-state index in [4.69, 9.17) is 4.74 Å². The van der Waals surface area contributed by atoms with Crippen molar-refractivity contribution >= 4 is 23.2 Å². The number of aromatic nitrogens is 1. The predicted octanol–water partition coefficient (Wildman–Crippen LogP) is 3.97. The van der Waals surface area contributed by atoms with Crippen LogP contribution < -0.4 is 15.4 Å². The molecular formula is C22H21N3O3. The summed E-state index contributed by atoms with van der Waals surface area (Å²) in [7, 11) is 0. The van der Waals surface area contributed by atoms with Gasteiger partial charge in [-0.1, -0.05) is 18.2 Å². The average Bonchev–Trinajstić information content (AvgIpc) is 2.71. The van der Waals surface area contributed by atoms with Crippen LogP contribution in [0.3, 0.4) is 0 Å². The van der Waals surface area contributed by atoms with Gasteiger partial charge in [-0.25, -0.2) is 0 Å². The summed E-state index contributed by atoms with van der Waals surface area (Å²) in [5.74, 6) is 0.0387. The van der Waals surface area contributed by atoms with E-state index in [0.717, 1.165) is 11.1 Å². The molecule has 0 radical (unpaired) electrons. The summed E-state index contributed by atoms with van der Waals surface area (Å²) in [6.45, 7) is 3.88. The minimum atomic E-state index is -0.316. The van der Waals surface area contributed by atoms with Gasteiger partial charge in [0.15, 0.2) is 6.61 Å². The minimum Gasteiger partial charge on any atom is -0.484 e. The van der Waals surface area contributed by atoms with E-state index in [1.165, 1.54) is 0 Å². The molecule has 0 aliphatic heterocycles. The fourth-order valence-electron chi connectivity index (χ4n) is 2.54. The molecule has 0 unspecified atom stereocenters. The van der Waals surface area contributed by atoms with Crippen molar-refractivity contribution in [2.45, 2.75) is 13.8 Å². The maximum Gasteiger partial charge on any atom is 0.262 e. The van der Waals surface area contributed by atoms with Crippen LogP contribution in [0.15, 0.2) is 67.0 Å². The molecule has 6 nitrogen and oxygen atoms in total. The SMILES string of the molecule is Cc1ccc(OCC(=O)Nc2ccccc2NC(=O)c2ccncc2)cc1C. The summed E-state index contributed by atoms with van der Waals surface area (Å²) in [6.07, 6.45) is 3.10. The van der Waals surface area contributed by atoms with Gasteiger partial charge in [0.05, 0.1) is 11.4 Å². The predicted molar refractivity (Wildman–Crippen MR) is 109 cm³/mol. The van der Waals surface area contributed by atoms with Crippen molar-refractivity contribution in [1.29, 1.82) is 0 Å². The number of ether oxygens (including phenoxy) is 1. The van der Waals surface area contributed by atoms with Crippen molar-refractivity contribution in [3.05, 3.63) is 83.7 Å². The number of benzene rings is 2. The molecule has 0 fully saturated rings. The Balaban J connectivity index is 1.63. The number of carbonyl (C=O) groups excluding carboxylic acids is 2. The summed E-state index contributed by atoms with van der Waals surface area (Å²) in [6, 6.07) is 15.9. The molecule has 0 aliphatic carbocycles. The Labute approximate surface area is 163 Å². The summed E-state index contributed by atoms with van der Waals surface area (Å²) < 4.78 is 5.56. The molecule has 0 spiro atoms. The molecule has 28 heavy (non-hydrogen) atoms. The van der Waals surface area contributed by atoms with Crippen LogP contribution in [0, 0.1) is 13.8 Å². The van der Waals surface area contributed by atoms with Crippen molar-refractivity contribution in [2.75, 3.05) is 17.2 Å². The second kappa shape index (κ2) is 8.81. The van der Waals surface area contributed by atoms with Gasteiger partial charge in [-0.05, 0) is 61.4 Å². The molecule has 1 heterocycles. The van der Waals surface area contributed by atoms with Gasteiger partial charge < -0.3 is 15.4 Å². The van der Waals surface area contributed by atoms with E-state index < -0.39 is 0 Å². The van der Waals surface area contributed by atoms with Crippen molar-refractivity contribution in [3.8, 4) is 5.75 Å². The lowest BCUT2D eigenvalue weighted by atomic mass is 10.1. The van der Waals surface area contributed by atoms with E-state index in [1.807, 2.05) is 32.0 Å². The number of para-hydroxylation sites is 2. The molecule has 0 saturated heterocycles. The average molecular weight is 375 g/mol. The van der Waals surface area contributed by atoms with Crippen molar-refractivity contribution in [1.82, 2.24) is 4.98 Å². The van der Waals surface area contributed by atoms with Crippen molar-refractivity contribution in [3.63, 3.8) is 0 Å². The van der Waals surface area contributed by atoms with E-state index in [1.54, 1.807) is 48.8 Å². The molecule has 2 amide bonds. The van der Waals surface area contributed by atoms with Crippen LogP contribution in [0.4, 0.5) is 11.4 Å². The second-order valence-electron chi connectivity index (χ2n) is 6.32. The van der Waals surface area contributed by atoms with Gasteiger partial charge >= 0.3 is 0 Å². The highest BCUT2D eigenvalue weighted by Crippen LogP contribution is 2.22. The van der Waals surface area contributed by atoms with Gasteiger partial charge in [0.25, 0.3) is 11.8 Å². The van der Waals surface area contributed by atoms with Crippen LogP contribution in [-0.2, 0) is 4.79 Å². The topological polar surface area (TPSA) is 80.3 Å². The van der Waals surface area contributed by atoms with Crippen LogP contribution in [-0.4, -0.2) is 23.4 Å². The molecule has 2 N–H and O–H groups in total. The molecule has 1 aromatic heterocycles. The van der Waals surface area contributed by atoms with E-state index in [-0.39, 0.29) is 18.4 Å². The summed E-state index contributed by atoms with van der Waals surface area (Å²) >= 11 is 0. The zero-order valence-electron chi connectivity index (χ0n) is 15.7. The molecule has 0 saturated carbocycles. The number of amides is 2. The number of aryl methyl sites for hydroxylation is 2. The molecule has 0 bridgehead atoms. The molecule has 142 valence electrons. The maximum atomic E-state index is 12.3. The van der Waals surface area contributed by atoms with Crippen LogP contribution in [0.5, 0.6) is 5.75 Å². The van der Waals surface area contributed by atoms with E-state index in [0.29, 0.717) is 22.7 Å². The van der Waals surface area contributed by atoms with Gasteiger partial charge in [-0.15, -0.1) is 0 Å². The molecule has 3 aromatic rings. The Morgan fingerprint density at radius 3 is 2.25 bits per heavy atom. The number of rotatable bonds is 6. The minimum absolute atomic E-state index is 0.130. The molecule has 0 aliphatic rings. The molecular weight excluding hydrogens is 354 g/mol. The largest absolute Gasteiger partial charge is 0.484 e. The first-order valence-electron chi connectivity index (χ1n) is 8.83. The zero-order chi connectivity index (χ0) is 19.9. The third-order valence-electron chi connectivity index (χ3n) is 4.24. The lowest BCUT2D eigenvalue weighted by molar-refractivity contribution is -0.118. The Morgan fingerprint density at radius 2 is 1.57 bits per heavy atom. The lowest BCUT2D eigenvalue weighted by Crippen LogP contribution is -2.21. The number of hydrogen-bond acceptors (Lipinski definition) is 4. The molecule has 6 heteroatoms. The summed E-state index contributed by atoms with van der Waals surface area (Å²) in [4.78, 5) is 28.5. The highest BCUT2D eigenvalue weighted by molar-refractivity contribution is 6.07. The third kappa shape index (κ3) is 4.94. The fraction of sp³-hybridized carbons (Fsp3) is 0.136. The van der Waals surface area contributed by atoms with Gasteiger partial charge in [0.1, 0.15) is 5.75 Å². The van der Waals surface area contributed by atoms with Crippen molar-refractivity contribution in [2.24, 2.45) is 0 Å². The monoisotopic (exact) mass is 375 g/mol. The summed E-state index contributed by atoms with van der Waals surface area (Å²) in [5.41, 5.74) is 3.74. The highest BCUT2D eigenvalue weighted by atomic mass is 16.5. The van der Waals surface area contributed by atoms with Gasteiger partial charge in [-0.2, -0.15) is 0 Å². The standard InChI is InChI=1S/C22H21N3O3/c1-15-7-8-18(13-16(15)2)28-14-21(26)24-19-5-3-4-6-20(19)25-22(27)17-9-11-23-12-10-17/h3-13H,14H2,1-2H3,(H,24,26)(H,25,27). The van der Waals surface area contributed by atoms with Crippen LogP contribution >= 0.6 is 0 Å². The third-order valence-corrected chi connectivity index (χ3v) is 4.24. The summed E-state index contributed by atoms with van der Waals surface area (Å²) in [5, 5.41) is 5.57. The van der Waals surface area contributed by atoms with Gasteiger partial charge in [-0.3, -0.25) is 14.6 Å². The highest BCUT2D eigenvalue weighted by Gasteiger charge is 2.11. The number of nitrogens with one attached hydrogen (secondary N) is 2. The van der Waals surface area contributed by atoms with Crippen molar-refractivity contribution < 1.29 is 14.3 Å². The van der Waals surface area contributed by atoms with E-state index in [2.05, 4.69) is 15.6 Å². The first kappa shape index (κ1) is 19.1. The molecule has 2 aromatic carbocycles. The number of nitrogens with zero attached hydrogens (tertiary/aromatic N) is 1. The first-order chi connectivity index (χ1) is 13.5. The van der Waals surface area contributed by atoms with Crippen LogP contribution in [0.2, 0.25) is 0 Å². The smallest absolute Gasteiger partial charge is 0.262 e. The number of carbonyl (C=O) groups is 2. The molecule has 0 atom stereocenters. The van der Waals surface area contributed by atoms with Gasteiger partial charge in [0.2, 0.25) is 0 Å². The quantitative estimate of drug-likeness (QED) is 0.683. The number of pyridine rings is 1. The maximum absolute atomic E-state index is 12.3. The Hall–Kier alpha value is -3.67. The first-order valence-corrected chi connectivity index (χ1v) is 8.83. The Kier molecular flexibility index (Phi) is 6.01. The number of hydrogen-bond donors (Lipinski definition) is 2. The molecule has 3 rings (SSSR count). The lowest BCUT2D eigenvalue weighted by Gasteiger charge is -2.13. The Bertz CT molecular complexity index is 987. The van der Waals surface area contributed by atoms with Crippen LogP contribution in [0.1, 0.15) is 21.5 Å². The fourth-order valence-corrected chi connectivity index (χ4v) is 2.54. The Morgan fingerprint density at radius 1 is 0.893 bits per heavy atom. The van der Waals surface area contributed by atoms with Crippen LogP contribution in [0.25, 0.3) is 0 Å². The number of anilines is 2. The normalized spacial score (nSPS) is 10.2. The zero-order valence-corrected chi connectivity index (χ0v) is 15.7. The second-order valence-corrected chi connectivity index (χ2v) is 6.32. The van der Waals surface area contributed by atoms with Gasteiger partial charge in [0, 0.05) is 18.0 Å².